The van der Waals surface area contributed by atoms with Crippen LogP contribution in [0.3, 0.4) is 0 Å². The lowest BCUT2D eigenvalue weighted by molar-refractivity contribution is 0.0697. The SMILES string of the molecule is Cc1cc(Cl)c2c(c1)C(=O)c1ccccc1-2.Cc1ccc(-c2ccccc2C(=O)O)c(Cl)c1. The van der Waals surface area contributed by atoms with Gasteiger partial charge in [-0.3, -0.25) is 4.79 Å². The Bertz CT molecular complexity index is 1410. The summed E-state index contributed by atoms with van der Waals surface area (Å²) in [4.78, 5) is 23.3. The summed E-state index contributed by atoms with van der Waals surface area (Å²) < 4.78 is 0. The van der Waals surface area contributed by atoms with E-state index in [1.165, 1.54) is 0 Å². The Morgan fingerprint density at radius 3 is 1.94 bits per heavy atom. The third-order valence-electron chi connectivity index (χ3n) is 5.49. The third kappa shape index (κ3) is 4.43. The van der Waals surface area contributed by atoms with Gasteiger partial charge in [0.15, 0.2) is 5.78 Å². The molecule has 0 fully saturated rings. The van der Waals surface area contributed by atoms with Gasteiger partial charge in [0.2, 0.25) is 0 Å². The molecule has 0 heterocycles. The lowest BCUT2D eigenvalue weighted by atomic mass is 9.99. The molecular weight excluding hydrogens is 455 g/mol. The van der Waals surface area contributed by atoms with Crippen LogP contribution in [0.1, 0.15) is 37.4 Å². The maximum absolute atomic E-state index is 12.1. The average Bonchev–Trinajstić information content (AvgIpc) is 3.06. The Morgan fingerprint density at radius 2 is 1.27 bits per heavy atom. The van der Waals surface area contributed by atoms with Crippen LogP contribution in [0.25, 0.3) is 22.3 Å². The maximum Gasteiger partial charge on any atom is 0.336 e. The van der Waals surface area contributed by atoms with Gasteiger partial charge in [0.25, 0.3) is 0 Å². The van der Waals surface area contributed by atoms with E-state index in [9.17, 15) is 9.59 Å². The number of carboxylic acid groups (broad SMARTS) is 1. The number of halogens is 2. The van der Waals surface area contributed by atoms with Gasteiger partial charge in [-0.2, -0.15) is 0 Å². The van der Waals surface area contributed by atoms with E-state index < -0.39 is 5.97 Å². The first-order valence-electron chi connectivity index (χ1n) is 10.3. The van der Waals surface area contributed by atoms with Crippen LogP contribution in [0.2, 0.25) is 10.0 Å². The summed E-state index contributed by atoms with van der Waals surface area (Å²) in [5.41, 5.74) is 7.03. The Labute approximate surface area is 202 Å². The average molecular weight is 475 g/mol. The third-order valence-corrected chi connectivity index (χ3v) is 6.10. The van der Waals surface area contributed by atoms with Crippen molar-refractivity contribution < 1.29 is 14.7 Å². The van der Waals surface area contributed by atoms with E-state index in [4.69, 9.17) is 28.3 Å². The minimum absolute atomic E-state index is 0.0798. The zero-order valence-corrected chi connectivity index (χ0v) is 19.5. The second-order valence-corrected chi connectivity index (χ2v) is 8.69. The van der Waals surface area contributed by atoms with Crippen LogP contribution in [0, 0.1) is 13.8 Å². The van der Waals surface area contributed by atoms with Crippen molar-refractivity contribution in [2.45, 2.75) is 13.8 Å². The van der Waals surface area contributed by atoms with Gasteiger partial charge >= 0.3 is 5.97 Å². The normalized spacial score (nSPS) is 11.3. The summed E-state index contributed by atoms with van der Waals surface area (Å²) in [6, 6.07) is 23.8. The smallest absolute Gasteiger partial charge is 0.336 e. The zero-order valence-electron chi connectivity index (χ0n) is 18.0. The highest BCUT2D eigenvalue weighted by Crippen LogP contribution is 2.41. The van der Waals surface area contributed by atoms with Crippen molar-refractivity contribution in [2.75, 3.05) is 0 Å². The molecule has 0 unspecified atom stereocenters. The van der Waals surface area contributed by atoms with E-state index in [1.54, 1.807) is 24.3 Å². The number of hydrogen-bond acceptors (Lipinski definition) is 2. The number of rotatable bonds is 2. The largest absolute Gasteiger partial charge is 0.478 e. The molecule has 4 aromatic rings. The molecule has 4 aromatic carbocycles. The van der Waals surface area contributed by atoms with Gasteiger partial charge in [0.05, 0.1) is 5.56 Å². The number of carbonyl (C=O) groups excluding carboxylic acids is 1. The second-order valence-electron chi connectivity index (χ2n) is 7.88. The predicted molar refractivity (Wildman–Crippen MR) is 134 cm³/mol. The van der Waals surface area contributed by atoms with Gasteiger partial charge in [-0.05, 0) is 60.4 Å². The first-order valence-corrected chi connectivity index (χ1v) is 11.1. The molecular formula is C28H20Cl2O3. The van der Waals surface area contributed by atoms with Crippen LogP contribution in [0.5, 0.6) is 0 Å². The maximum atomic E-state index is 12.1. The standard InChI is InChI=1S/C14H11ClO2.C14H9ClO/c1-9-6-7-11(13(15)8-9)10-4-2-3-5-12(10)14(16)17;1-8-6-11-13(12(15)7-8)9-4-2-3-5-10(9)14(11)16/h2-8H,1H3,(H,16,17);2-7H,1H3. The van der Waals surface area contributed by atoms with Crippen molar-refractivity contribution in [3.8, 4) is 22.3 Å². The molecule has 0 aromatic heterocycles. The number of aryl methyl sites for hydroxylation is 2. The molecule has 0 aliphatic heterocycles. The molecule has 5 rings (SSSR count). The van der Waals surface area contributed by atoms with Gasteiger partial charge in [-0.15, -0.1) is 0 Å². The Kier molecular flexibility index (Phi) is 6.37. The van der Waals surface area contributed by atoms with Crippen LogP contribution in [-0.4, -0.2) is 16.9 Å². The quantitative estimate of drug-likeness (QED) is 0.283. The van der Waals surface area contributed by atoms with E-state index in [1.807, 2.05) is 68.4 Å². The van der Waals surface area contributed by atoms with Gasteiger partial charge < -0.3 is 5.11 Å². The first kappa shape index (κ1) is 22.8. The van der Waals surface area contributed by atoms with E-state index >= 15 is 0 Å². The van der Waals surface area contributed by atoms with Crippen LogP contribution in [0.4, 0.5) is 0 Å². The highest BCUT2D eigenvalue weighted by atomic mass is 35.5. The number of carboxylic acids is 1. The predicted octanol–water partition coefficient (Wildman–Crippen LogP) is 7.87. The van der Waals surface area contributed by atoms with Crippen LogP contribution < -0.4 is 0 Å². The molecule has 0 saturated carbocycles. The number of benzene rings is 4. The van der Waals surface area contributed by atoms with Gasteiger partial charge in [0, 0.05) is 32.3 Å². The number of fused-ring (bicyclic) bond motifs is 3. The van der Waals surface area contributed by atoms with Gasteiger partial charge in [-0.1, -0.05) is 77.8 Å². The van der Waals surface area contributed by atoms with E-state index in [0.29, 0.717) is 15.6 Å². The second kappa shape index (κ2) is 9.22. The molecule has 0 spiro atoms. The lowest BCUT2D eigenvalue weighted by Crippen LogP contribution is -1.99. The molecule has 1 N–H and O–H groups in total. The summed E-state index contributed by atoms with van der Waals surface area (Å²) >= 11 is 12.4. The number of carbonyl (C=O) groups is 2. The fourth-order valence-electron chi connectivity index (χ4n) is 3.98. The molecule has 1 aliphatic carbocycles. The number of ketones is 1. The summed E-state index contributed by atoms with van der Waals surface area (Å²) in [5, 5.41) is 10.4. The van der Waals surface area contributed by atoms with Crippen molar-refractivity contribution >= 4 is 35.0 Å². The van der Waals surface area contributed by atoms with Gasteiger partial charge in [-0.25, -0.2) is 4.79 Å². The van der Waals surface area contributed by atoms with E-state index in [-0.39, 0.29) is 11.3 Å². The molecule has 5 heteroatoms. The molecule has 164 valence electrons. The van der Waals surface area contributed by atoms with Crippen molar-refractivity contribution in [2.24, 2.45) is 0 Å². The summed E-state index contributed by atoms with van der Waals surface area (Å²) in [5.74, 6) is -0.867. The number of hydrogen-bond donors (Lipinski definition) is 1. The molecule has 1 aliphatic rings. The zero-order chi connectivity index (χ0) is 23.7. The van der Waals surface area contributed by atoms with Crippen molar-refractivity contribution in [3.05, 3.63) is 117 Å². The molecule has 0 amide bonds. The topological polar surface area (TPSA) is 54.4 Å². The Hall–Kier alpha value is -3.40. The lowest BCUT2D eigenvalue weighted by Gasteiger charge is -2.08. The molecule has 0 radical (unpaired) electrons. The highest BCUT2D eigenvalue weighted by Gasteiger charge is 2.28. The Morgan fingerprint density at radius 1 is 0.667 bits per heavy atom. The summed E-state index contributed by atoms with van der Waals surface area (Å²) in [6.45, 7) is 3.89. The summed E-state index contributed by atoms with van der Waals surface area (Å²) in [7, 11) is 0. The minimum Gasteiger partial charge on any atom is -0.478 e. The van der Waals surface area contributed by atoms with Crippen molar-refractivity contribution in [3.63, 3.8) is 0 Å². The molecule has 0 saturated heterocycles. The fraction of sp³-hybridized carbons (Fsp3) is 0.0714. The van der Waals surface area contributed by atoms with Crippen molar-refractivity contribution in [1.29, 1.82) is 0 Å². The Balaban J connectivity index is 0.000000157. The van der Waals surface area contributed by atoms with Crippen LogP contribution >= 0.6 is 23.2 Å². The molecule has 33 heavy (non-hydrogen) atoms. The summed E-state index contributed by atoms with van der Waals surface area (Å²) in [6.07, 6.45) is 0. The minimum atomic E-state index is -0.947. The fourth-order valence-corrected chi connectivity index (χ4v) is 4.69. The van der Waals surface area contributed by atoms with Crippen LogP contribution in [0.15, 0.2) is 78.9 Å². The monoisotopic (exact) mass is 474 g/mol. The van der Waals surface area contributed by atoms with E-state index in [0.717, 1.165) is 38.9 Å². The van der Waals surface area contributed by atoms with E-state index in [2.05, 4.69) is 0 Å². The molecule has 3 nitrogen and oxygen atoms in total. The number of aromatic carboxylic acids is 1. The molecule has 0 atom stereocenters. The first-order chi connectivity index (χ1) is 15.8. The highest BCUT2D eigenvalue weighted by molar-refractivity contribution is 6.37. The van der Waals surface area contributed by atoms with Crippen LogP contribution in [-0.2, 0) is 0 Å². The van der Waals surface area contributed by atoms with Crippen molar-refractivity contribution in [1.82, 2.24) is 0 Å². The molecule has 0 bridgehead atoms. The van der Waals surface area contributed by atoms with Gasteiger partial charge in [0.1, 0.15) is 0 Å².